The highest BCUT2D eigenvalue weighted by Gasteiger charge is 2.69. The predicted molar refractivity (Wildman–Crippen MR) is 117 cm³/mol. The van der Waals surface area contributed by atoms with Gasteiger partial charge in [0.25, 0.3) is 0 Å². The third kappa shape index (κ3) is 2.23. The van der Waals surface area contributed by atoms with Gasteiger partial charge in [0.15, 0.2) is 5.82 Å². The van der Waals surface area contributed by atoms with Crippen LogP contribution >= 0.6 is 0 Å². The summed E-state index contributed by atoms with van der Waals surface area (Å²) in [6.45, 7) is 2.35. The van der Waals surface area contributed by atoms with Crippen LogP contribution in [0.2, 0.25) is 0 Å². The summed E-state index contributed by atoms with van der Waals surface area (Å²) in [4.78, 5) is 23.4. The van der Waals surface area contributed by atoms with Gasteiger partial charge in [-0.25, -0.2) is 9.97 Å². The van der Waals surface area contributed by atoms with Gasteiger partial charge < -0.3 is 9.80 Å². The molecule has 9 nitrogen and oxygen atoms in total. The second-order valence-electron chi connectivity index (χ2n) is 9.02. The molecule has 2 fully saturated rings. The minimum Gasteiger partial charge on any atom is -0.342 e. The van der Waals surface area contributed by atoms with Gasteiger partial charge in [-0.2, -0.15) is 10.1 Å². The second kappa shape index (κ2) is 5.81. The van der Waals surface area contributed by atoms with Crippen molar-refractivity contribution in [1.82, 2.24) is 29.5 Å². The molecule has 3 aromatic heterocycles. The lowest BCUT2D eigenvalue weighted by molar-refractivity contribution is 0.214. The van der Waals surface area contributed by atoms with Crippen LogP contribution in [0.15, 0.2) is 48.2 Å². The van der Waals surface area contributed by atoms with E-state index in [-0.39, 0.29) is 11.7 Å². The first-order chi connectivity index (χ1) is 15.2. The number of hydrogen-bond acceptors (Lipinski definition) is 8. The smallest absolute Gasteiger partial charge is 0.237 e. The number of hydrazone groups is 1. The molecule has 0 N–H and O–H groups in total. The normalized spacial score (nSPS) is 28.3. The van der Waals surface area contributed by atoms with Gasteiger partial charge in [0.05, 0.1) is 11.7 Å². The van der Waals surface area contributed by atoms with Crippen LogP contribution in [0.3, 0.4) is 0 Å². The Kier molecular flexibility index (Phi) is 3.22. The lowest BCUT2D eigenvalue weighted by Crippen LogP contribution is -2.62. The summed E-state index contributed by atoms with van der Waals surface area (Å²) in [5, 5.41) is 6.73. The summed E-state index contributed by atoms with van der Waals surface area (Å²) in [6.07, 6.45) is 14.9. The van der Waals surface area contributed by atoms with E-state index in [1.165, 1.54) is 12.8 Å². The fraction of sp³-hybridized carbons (Fsp3) is 0.409. The van der Waals surface area contributed by atoms with E-state index in [0.717, 1.165) is 29.3 Å². The molecule has 5 heterocycles. The third-order valence-corrected chi connectivity index (χ3v) is 7.15. The van der Waals surface area contributed by atoms with Crippen LogP contribution in [0, 0.1) is 5.92 Å². The maximum Gasteiger partial charge on any atom is 0.237 e. The molecule has 2 aliphatic heterocycles. The second-order valence-corrected chi connectivity index (χ2v) is 9.02. The standard InChI is InChI=1S/C22H23N9/c1-14-11-22(14)20-28(2)26-13-30(20)17-12-25-21(27-19(17)31(22)16-3-4-16)29-10-9-24-18(29)15-5-7-23-8-6-15/h5-10,12-14,16,20H,3-4,11H2,1-2H3/t14-,20?,22-/m0/s1. The van der Waals surface area contributed by atoms with Crippen LogP contribution < -0.4 is 9.80 Å². The van der Waals surface area contributed by atoms with Crippen molar-refractivity contribution in [2.45, 2.75) is 43.9 Å². The number of rotatable bonds is 3. The van der Waals surface area contributed by atoms with Crippen LogP contribution in [0.25, 0.3) is 17.3 Å². The average Bonchev–Trinajstić information content (AvgIpc) is 3.62. The van der Waals surface area contributed by atoms with Gasteiger partial charge in [-0.3, -0.25) is 14.6 Å². The number of likely N-dealkylation sites (N-methyl/N-ethyl adjacent to an activating group) is 1. The van der Waals surface area contributed by atoms with Gasteiger partial charge in [0.2, 0.25) is 5.95 Å². The minimum absolute atomic E-state index is 0.0495. The zero-order chi connectivity index (χ0) is 20.7. The molecule has 4 aliphatic rings. The summed E-state index contributed by atoms with van der Waals surface area (Å²) in [5.41, 5.74) is 2.07. The summed E-state index contributed by atoms with van der Waals surface area (Å²) in [5.74, 6) is 3.06. The van der Waals surface area contributed by atoms with Gasteiger partial charge in [0.1, 0.15) is 24.0 Å². The van der Waals surface area contributed by atoms with E-state index in [4.69, 9.17) is 9.97 Å². The largest absolute Gasteiger partial charge is 0.342 e. The van der Waals surface area contributed by atoms with Crippen molar-refractivity contribution in [3.63, 3.8) is 0 Å². The maximum absolute atomic E-state index is 5.14. The minimum atomic E-state index is 0.0495. The number of fused-ring (bicyclic) bond motifs is 4. The maximum atomic E-state index is 5.14. The van der Waals surface area contributed by atoms with E-state index >= 15 is 0 Å². The average molecular weight is 413 g/mol. The highest BCUT2D eigenvalue weighted by atomic mass is 15.6. The Hall–Kier alpha value is -3.49. The van der Waals surface area contributed by atoms with Gasteiger partial charge in [-0.1, -0.05) is 6.92 Å². The van der Waals surface area contributed by atoms with Crippen LogP contribution in [-0.2, 0) is 0 Å². The zero-order valence-electron chi connectivity index (χ0n) is 17.5. The molecule has 2 saturated carbocycles. The highest BCUT2D eigenvalue weighted by molar-refractivity contribution is 5.90. The molecule has 2 aliphatic carbocycles. The van der Waals surface area contributed by atoms with E-state index in [0.29, 0.717) is 17.9 Å². The Bertz CT molecular complexity index is 1200. The number of pyridine rings is 1. The molecule has 0 bridgehead atoms. The van der Waals surface area contributed by atoms with Crippen LogP contribution in [-0.4, -0.2) is 60.6 Å². The van der Waals surface area contributed by atoms with Gasteiger partial charge >= 0.3 is 0 Å². The van der Waals surface area contributed by atoms with Crippen molar-refractivity contribution >= 4 is 17.8 Å². The van der Waals surface area contributed by atoms with Gasteiger partial charge in [0, 0.05) is 43.4 Å². The highest BCUT2D eigenvalue weighted by Crippen LogP contribution is 2.61. The van der Waals surface area contributed by atoms with Crippen LogP contribution in [0.1, 0.15) is 26.2 Å². The fourth-order valence-corrected chi connectivity index (χ4v) is 5.51. The molecule has 0 aromatic carbocycles. The molecule has 0 saturated heterocycles. The van der Waals surface area contributed by atoms with E-state index in [1.54, 1.807) is 18.6 Å². The van der Waals surface area contributed by atoms with E-state index < -0.39 is 0 Å². The molecule has 3 atom stereocenters. The zero-order valence-corrected chi connectivity index (χ0v) is 17.5. The molecule has 1 unspecified atom stereocenters. The molecule has 7 rings (SSSR count). The van der Waals surface area contributed by atoms with Crippen molar-refractivity contribution in [1.29, 1.82) is 0 Å². The third-order valence-electron chi connectivity index (χ3n) is 7.15. The van der Waals surface area contributed by atoms with Crippen molar-refractivity contribution < 1.29 is 0 Å². The van der Waals surface area contributed by atoms with Crippen molar-refractivity contribution in [2.24, 2.45) is 11.0 Å². The monoisotopic (exact) mass is 413 g/mol. The summed E-state index contributed by atoms with van der Waals surface area (Å²) < 4.78 is 1.96. The molecular weight excluding hydrogens is 390 g/mol. The Balaban J connectivity index is 1.39. The SMILES string of the molecule is C[C@H]1C[C@@]12C1N(C)N=CN1c1cnc(-n3ccnc3-c3ccncc3)nc1N2C1CC1. The molecule has 31 heavy (non-hydrogen) atoms. The molecule has 0 amide bonds. The van der Waals surface area contributed by atoms with Crippen LogP contribution in [0.4, 0.5) is 11.5 Å². The quantitative estimate of drug-likeness (QED) is 0.653. The van der Waals surface area contributed by atoms with Crippen molar-refractivity contribution in [3.8, 4) is 17.3 Å². The van der Waals surface area contributed by atoms with Gasteiger partial charge in [-0.15, -0.1) is 0 Å². The molecule has 9 heteroatoms. The number of nitrogens with zero attached hydrogens (tertiary/aromatic N) is 9. The predicted octanol–water partition coefficient (Wildman–Crippen LogP) is 2.51. The van der Waals surface area contributed by atoms with E-state index in [1.807, 2.05) is 35.4 Å². The topological polar surface area (TPSA) is 78.6 Å². The number of anilines is 2. The lowest BCUT2D eigenvalue weighted by atomic mass is 10.0. The number of aromatic nitrogens is 5. The van der Waals surface area contributed by atoms with E-state index in [9.17, 15) is 0 Å². The first-order valence-electron chi connectivity index (χ1n) is 10.8. The lowest BCUT2D eigenvalue weighted by Gasteiger charge is -2.48. The first kappa shape index (κ1) is 17.2. The van der Waals surface area contributed by atoms with Crippen molar-refractivity contribution in [2.75, 3.05) is 16.8 Å². The van der Waals surface area contributed by atoms with Gasteiger partial charge in [-0.05, 0) is 37.3 Å². The summed E-state index contributed by atoms with van der Waals surface area (Å²) in [6, 6.07) is 4.45. The summed E-state index contributed by atoms with van der Waals surface area (Å²) in [7, 11) is 2.08. The Labute approximate surface area is 180 Å². The molecule has 156 valence electrons. The number of imidazole rings is 1. The Morgan fingerprint density at radius 2 is 1.90 bits per heavy atom. The Morgan fingerprint density at radius 3 is 2.65 bits per heavy atom. The first-order valence-corrected chi connectivity index (χ1v) is 10.8. The fourth-order valence-electron chi connectivity index (χ4n) is 5.51. The molecular formula is C22H23N9. The number of hydrogen-bond donors (Lipinski definition) is 0. The van der Waals surface area contributed by atoms with Crippen molar-refractivity contribution in [3.05, 3.63) is 43.1 Å². The Morgan fingerprint density at radius 1 is 1.10 bits per heavy atom. The molecule has 0 radical (unpaired) electrons. The molecule has 1 spiro atoms. The molecule has 3 aromatic rings. The van der Waals surface area contributed by atoms with Crippen LogP contribution in [0.5, 0.6) is 0 Å². The summed E-state index contributed by atoms with van der Waals surface area (Å²) >= 11 is 0. The van der Waals surface area contributed by atoms with E-state index in [2.05, 4.69) is 43.8 Å².